The summed E-state index contributed by atoms with van der Waals surface area (Å²) in [5.41, 5.74) is 0.859. The Morgan fingerprint density at radius 3 is 1.88 bits per heavy atom. The zero-order valence-electron chi connectivity index (χ0n) is 14.0. The van der Waals surface area contributed by atoms with Crippen molar-refractivity contribution in [3.8, 4) is 0 Å². The van der Waals surface area contributed by atoms with Crippen LogP contribution in [-0.4, -0.2) is 31.1 Å². The molecule has 0 fully saturated rings. The van der Waals surface area contributed by atoms with Crippen molar-refractivity contribution in [1.29, 1.82) is 0 Å². The van der Waals surface area contributed by atoms with Gasteiger partial charge in [0, 0.05) is 19.8 Å². The smallest absolute Gasteiger partial charge is 0.243 e. The number of carbonyl (C=O) groups is 1. The third-order valence-corrected chi connectivity index (χ3v) is 2.07. The first-order chi connectivity index (χ1) is 11.8. The molecule has 0 aromatic heterocycles. The molecule has 26 heavy (non-hydrogen) atoms. The maximum atomic E-state index is 10.9. The molecule has 12 heteroatoms. The van der Waals surface area contributed by atoms with E-state index in [4.69, 9.17) is 77.3 Å². The number of aliphatic imine (C=N–C) groups is 1. The third kappa shape index (κ3) is 32.0. The van der Waals surface area contributed by atoms with Gasteiger partial charge in [0.1, 0.15) is 12.6 Å². The van der Waals surface area contributed by atoms with E-state index in [2.05, 4.69) is 4.99 Å². The van der Waals surface area contributed by atoms with Crippen LogP contribution >= 0.6 is 71.2 Å². The molecule has 0 spiro atoms. The van der Waals surface area contributed by atoms with Gasteiger partial charge in [-0.2, -0.15) is 0 Å². The average Bonchev–Trinajstić information content (AvgIpc) is 2.51. The number of hydrogen-bond acceptors (Lipinski definition) is 5. The number of halogens is 6. The summed E-state index contributed by atoms with van der Waals surface area (Å²) in [4.78, 5) is 13.6. The van der Waals surface area contributed by atoms with Crippen LogP contribution in [0.2, 0.25) is 0 Å². The molecule has 0 aliphatic carbocycles. The summed E-state index contributed by atoms with van der Waals surface area (Å²) < 4.78 is 5.91. The summed E-state index contributed by atoms with van der Waals surface area (Å²) in [5.74, 6) is 0. The van der Waals surface area contributed by atoms with Crippen LogP contribution in [-0.2, 0) is 20.9 Å². The topological polar surface area (TPSA) is 71.0 Å². The monoisotopic (exact) mass is 506 g/mol. The molecule has 1 aromatic carbocycles. The van der Waals surface area contributed by atoms with Crippen LogP contribution < -0.4 is 5.11 Å². The maximum absolute atomic E-state index is 10.9. The predicted molar refractivity (Wildman–Crippen MR) is 113 cm³/mol. The molecule has 0 aliphatic rings. The van der Waals surface area contributed by atoms with E-state index in [9.17, 15) is 9.90 Å². The fourth-order valence-electron chi connectivity index (χ4n) is 1.10. The number of ether oxygens (including phenoxy) is 2. The zero-order valence-corrected chi connectivity index (χ0v) is 19.4. The van der Waals surface area contributed by atoms with Gasteiger partial charge in [-0.05, 0) is 31.0 Å². The van der Waals surface area contributed by atoms with Crippen molar-refractivity contribution in [2.75, 3.05) is 19.8 Å². The van der Waals surface area contributed by atoms with Gasteiger partial charge >= 0.3 is 59.6 Å². The first-order valence-electron chi connectivity index (χ1n) is 7.08. The Hall–Kier alpha value is 0.290. The molecule has 0 amide bonds. The average molecular weight is 509 g/mol. The number of carbonyl (C=O) groups excluding carboxylic acids is 1. The second-order valence-electron chi connectivity index (χ2n) is 4.13. The SMILES string of the molecule is CCOCC.ClP(Cl)(Cl)(Cl)Cl.O=C(Cl)CN=C([O-])OCc1ccccc1. The van der Waals surface area contributed by atoms with Gasteiger partial charge in [0.15, 0.2) is 0 Å². The van der Waals surface area contributed by atoms with Crippen molar-refractivity contribution < 1.29 is 19.4 Å². The summed E-state index contributed by atoms with van der Waals surface area (Å²) in [6.45, 7) is 5.45. The molecule has 0 saturated carbocycles. The Bertz CT molecular complexity index is 518. The van der Waals surface area contributed by atoms with E-state index in [-0.39, 0.29) is 13.2 Å². The Balaban J connectivity index is 0. The normalized spacial score (nSPS) is 12.5. The van der Waals surface area contributed by atoms with Crippen LogP contribution in [0.25, 0.3) is 0 Å². The van der Waals surface area contributed by atoms with Gasteiger partial charge in [-0.15, -0.1) is 0 Å². The van der Waals surface area contributed by atoms with Crippen LogP contribution in [0.4, 0.5) is 0 Å². The summed E-state index contributed by atoms with van der Waals surface area (Å²) in [7, 11) is 0. The van der Waals surface area contributed by atoms with Crippen molar-refractivity contribution in [2.24, 2.45) is 4.99 Å². The largest absolute Gasteiger partial charge is 0.596 e. The fraction of sp³-hybridized carbons (Fsp3) is 0.429. The number of benzene rings is 1. The molecule has 0 heterocycles. The van der Waals surface area contributed by atoms with E-state index in [1.54, 1.807) is 0 Å². The molecule has 5 nitrogen and oxygen atoms in total. The van der Waals surface area contributed by atoms with Crippen LogP contribution in [0.15, 0.2) is 35.3 Å². The van der Waals surface area contributed by atoms with Gasteiger partial charge in [0.25, 0.3) is 0 Å². The van der Waals surface area contributed by atoms with Gasteiger partial charge in [-0.25, -0.2) is 0 Å². The van der Waals surface area contributed by atoms with Crippen LogP contribution in [0, 0.1) is 0 Å². The van der Waals surface area contributed by atoms with E-state index < -0.39 is 14.7 Å². The second kappa shape index (κ2) is 15.2. The first kappa shape index (κ1) is 28.5. The predicted octanol–water partition coefficient (Wildman–Crippen LogP) is 6.04. The molecule has 0 atom stereocenters. The van der Waals surface area contributed by atoms with E-state index in [1.165, 1.54) is 0 Å². The van der Waals surface area contributed by atoms with Gasteiger partial charge in [0.05, 0.1) is 0 Å². The van der Waals surface area contributed by atoms with Crippen LogP contribution in [0.3, 0.4) is 0 Å². The molecule has 0 aliphatic heterocycles. The van der Waals surface area contributed by atoms with E-state index >= 15 is 0 Å². The molecule has 0 unspecified atom stereocenters. The quantitative estimate of drug-likeness (QED) is 0.203. The molecule has 152 valence electrons. The van der Waals surface area contributed by atoms with Crippen molar-refractivity contribution in [3.63, 3.8) is 0 Å². The summed E-state index contributed by atoms with van der Waals surface area (Å²) in [6.07, 6.45) is -0.784. The fourth-order valence-corrected chi connectivity index (χ4v) is 1.16. The van der Waals surface area contributed by atoms with Gasteiger partial charge in [-0.1, -0.05) is 30.3 Å². The number of hydrogen-bond donors (Lipinski definition) is 0. The molecule has 0 bridgehead atoms. The van der Waals surface area contributed by atoms with Crippen LogP contribution in [0.1, 0.15) is 19.4 Å². The van der Waals surface area contributed by atoms with E-state index in [1.807, 2.05) is 44.2 Å². The van der Waals surface area contributed by atoms with Gasteiger partial charge < -0.3 is 14.6 Å². The van der Waals surface area contributed by atoms with Gasteiger partial charge in [0.2, 0.25) is 5.24 Å². The molecule has 0 N–H and O–H groups in total. The van der Waals surface area contributed by atoms with Crippen LogP contribution in [0.5, 0.6) is 0 Å². The molecule has 1 rings (SSSR count). The molecule has 0 saturated heterocycles. The minimum atomic E-state index is -3.69. The van der Waals surface area contributed by atoms with E-state index in [0.717, 1.165) is 18.8 Å². The minimum absolute atomic E-state index is 0.139. The summed E-state index contributed by atoms with van der Waals surface area (Å²) in [5, 5.41) is 10.2. The van der Waals surface area contributed by atoms with Crippen molar-refractivity contribution in [1.82, 2.24) is 0 Å². The molecule has 1 aromatic rings. The third-order valence-electron chi connectivity index (χ3n) is 1.95. The Morgan fingerprint density at radius 1 is 1.08 bits per heavy atom. The minimum Gasteiger partial charge on any atom is -0.596 e. The Morgan fingerprint density at radius 2 is 1.54 bits per heavy atom. The zero-order chi connectivity index (χ0) is 20.7. The molecule has 0 radical (unpaired) electrons. The second-order valence-corrected chi connectivity index (χ2v) is 21.2. The Labute approximate surface area is 182 Å². The maximum Gasteiger partial charge on any atom is 0.243 e. The molecular weight excluding hydrogens is 490 g/mol. The Kier molecular flexibility index (Phi) is 16.7. The number of nitrogens with zero attached hydrogens (tertiary/aromatic N) is 1. The standard InChI is InChI=1S/C10H10ClNO3.C4H10O.Cl5P/c11-9(13)6-12-10(14)15-7-8-4-2-1-3-5-8;1-3-5-4-2;1-6(2,3,4)5/h1-5H,6-7H2,(H,12,14);3-4H2,1-2H3;/p-1. The molecular formula is C14H19Cl6NO4P-. The first-order valence-corrected chi connectivity index (χ1v) is 14.2. The summed E-state index contributed by atoms with van der Waals surface area (Å²) >= 11 is 29.9. The van der Waals surface area contributed by atoms with E-state index in [0.29, 0.717) is 0 Å². The van der Waals surface area contributed by atoms with Crippen molar-refractivity contribution in [2.45, 2.75) is 20.5 Å². The summed E-state index contributed by atoms with van der Waals surface area (Å²) in [6, 6.07) is 9.17. The van der Waals surface area contributed by atoms with Crippen molar-refractivity contribution in [3.05, 3.63) is 35.9 Å². The van der Waals surface area contributed by atoms with Gasteiger partial charge in [-0.3, -0.25) is 9.79 Å². The van der Waals surface area contributed by atoms with Crippen molar-refractivity contribution >= 4 is 82.5 Å². The number of rotatable bonds is 6.